The first-order chi connectivity index (χ1) is 8.65. The van der Waals surface area contributed by atoms with Crippen LogP contribution in [0.4, 0.5) is 10.1 Å². The molecule has 1 N–H and O–H groups in total. The maximum atomic E-state index is 12.7. The van der Waals surface area contributed by atoms with Crippen molar-refractivity contribution in [2.24, 2.45) is 0 Å². The fourth-order valence-corrected chi connectivity index (χ4v) is 1.68. The summed E-state index contributed by atoms with van der Waals surface area (Å²) in [5.74, 6) is -0.394. The molecule has 0 aliphatic heterocycles. The van der Waals surface area contributed by atoms with E-state index in [9.17, 15) is 9.18 Å². The molecule has 2 rings (SSSR count). The van der Waals surface area contributed by atoms with Crippen molar-refractivity contribution < 1.29 is 9.18 Å². The Morgan fingerprint density at radius 3 is 2.56 bits per heavy atom. The van der Waals surface area contributed by atoms with Crippen LogP contribution in [-0.2, 0) is 0 Å². The summed E-state index contributed by atoms with van der Waals surface area (Å²) in [6.45, 7) is 2.20. The fourth-order valence-electron chi connectivity index (χ4n) is 1.68. The Hall–Kier alpha value is -2.16. The van der Waals surface area contributed by atoms with Gasteiger partial charge in [0.25, 0.3) is 0 Å². The van der Waals surface area contributed by atoms with E-state index in [1.807, 2.05) is 31.2 Å². The van der Waals surface area contributed by atoms with Crippen molar-refractivity contribution in [1.82, 2.24) is 0 Å². The van der Waals surface area contributed by atoms with Crippen LogP contribution < -0.4 is 5.32 Å². The van der Waals surface area contributed by atoms with Crippen molar-refractivity contribution in [2.75, 3.05) is 11.9 Å². The largest absolute Gasteiger partial charge is 0.378 e. The van der Waals surface area contributed by atoms with Crippen LogP contribution in [0.3, 0.4) is 0 Å². The monoisotopic (exact) mass is 243 g/mol. The van der Waals surface area contributed by atoms with Gasteiger partial charge in [0.1, 0.15) is 5.82 Å². The van der Waals surface area contributed by atoms with Gasteiger partial charge in [-0.25, -0.2) is 4.39 Å². The zero-order valence-electron chi connectivity index (χ0n) is 10.1. The van der Waals surface area contributed by atoms with E-state index >= 15 is 0 Å². The van der Waals surface area contributed by atoms with Crippen LogP contribution >= 0.6 is 0 Å². The number of benzene rings is 2. The molecule has 92 valence electrons. The number of Topliss-reactive ketones (excluding diaryl/α,β-unsaturated/α-hetero) is 1. The van der Waals surface area contributed by atoms with Crippen molar-refractivity contribution in [2.45, 2.75) is 6.92 Å². The molecule has 0 saturated heterocycles. The van der Waals surface area contributed by atoms with Crippen LogP contribution in [0.25, 0.3) is 0 Å². The lowest BCUT2D eigenvalue weighted by atomic mass is 10.1. The molecule has 0 fully saturated rings. The van der Waals surface area contributed by atoms with Gasteiger partial charge in [-0.05, 0) is 48.9 Å². The number of carbonyl (C=O) groups excluding carboxylic acids is 1. The van der Waals surface area contributed by atoms with Gasteiger partial charge in [-0.2, -0.15) is 0 Å². The summed E-state index contributed by atoms with van der Waals surface area (Å²) < 4.78 is 12.7. The first-order valence-electron chi connectivity index (χ1n) is 5.74. The van der Waals surface area contributed by atoms with E-state index in [1.54, 1.807) is 0 Å². The average Bonchev–Trinajstić information content (AvgIpc) is 2.37. The van der Waals surface area contributed by atoms with Crippen LogP contribution in [0.15, 0.2) is 48.5 Å². The molecular weight excluding hydrogens is 229 g/mol. The molecule has 0 aromatic heterocycles. The Kier molecular flexibility index (Phi) is 3.72. The highest BCUT2D eigenvalue weighted by molar-refractivity contribution is 5.98. The maximum Gasteiger partial charge on any atom is 0.181 e. The second-order valence-corrected chi connectivity index (χ2v) is 4.15. The van der Waals surface area contributed by atoms with Crippen LogP contribution in [0.1, 0.15) is 15.9 Å². The molecule has 2 aromatic carbocycles. The van der Waals surface area contributed by atoms with Crippen LogP contribution in [0, 0.1) is 12.7 Å². The second kappa shape index (κ2) is 5.45. The first kappa shape index (κ1) is 12.3. The van der Waals surface area contributed by atoms with E-state index in [-0.39, 0.29) is 18.1 Å². The van der Waals surface area contributed by atoms with Crippen molar-refractivity contribution >= 4 is 11.5 Å². The van der Waals surface area contributed by atoms with Gasteiger partial charge in [-0.3, -0.25) is 4.79 Å². The van der Waals surface area contributed by atoms with Crippen molar-refractivity contribution in [1.29, 1.82) is 0 Å². The number of ketones is 1. The minimum absolute atomic E-state index is 0.0588. The van der Waals surface area contributed by atoms with Gasteiger partial charge in [0.2, 0.25) is 0 Å². The molecule has 0 amide bonds. The number of hydrogen-bond donors (Lipinski definition) is 1. The Morgan fingerprint density at radius 1 is 1.17 bits per heavy atom. The Bertz CT molecular complexity index is 549. The van der Waals surface area contributed by atoms with Gasteiger partial charge in [-0.15, -0.1) is 0 Å². The molecule has 3 heteroatoms. The smallest absolute Gasteiger partial charge is 0.181 e. The topological polar surface area (TPSA) is 29.1 Å². The van der Waals surface area contributed by atoms with Gasteiger partial charge >= 0.3 is 0 Å². The quantitative estimate of drug-likeness (QED) is 0.833. The summed E-state index contributed by atoms with van der Waals surface area (Å²) in [5, 5.41) is 3.06. The summed E-state index contributed by atoms with van der Waals surface area (Å²) >= 11 is 0. The zero-order chi connectivity index (χ0) is 13.0. The van der Waals surface area contributed by atoms with E-state index < -0.39 is 0 Å². The third-order valence-corrected chi connectivity index (χ3v) is 2.64. The van der Waals surface area contributed by atoms with E-state index in [0.717, 1.165) is 11.3 Å². The first-order valence-corrected chi connectivity index (χ1v) is 5.74. The zero-order valence-corrected chi connectivity index (χ0v) is 10.1. The van der Waals surface area contributed by atoms with Gasteiger partial charge in [0.15, 0.2) is 5.78 Å². The molecule has 0 atom stereocenters. The van der Waals surface area contributed by atoms with E-state index in [2.05, 4.69) is 5.32 Å². The number of anilines is 1. The third-order valence-electron chi connectivity index (χ3n) is 2.64. The highest BCUT2D eigenvalue weighted by atomic mass is 19.1. The highest BCUT2D eigenvalue weighted by Gasteiger charge is 2.05. The van der Waals surface area contributed by atoms with Gasteiger partial charge in [0, 0.05) is 11.3 Å². The molecule has 2 nitrogen and oxygen atoms in total. The minimum Gasteiger partial charge on any atom is -0.378 e. The minimum atomic E-state index is -0.335. The maximum absolute atomic E-state index is 12.7. The number of rotatable bonds is 4. The highest BCUT2D eigenvalue weighted by Crippen LogP contribution is 2.10. The lowest BCUT2D eigenvalue weighted by molar-refractivity contribution is 0.101. The van der Waals surface area contributed by atoms with E-state index in [0.29, 0.717) is 5.56 Å². The molecular formula is C15H14FNO. The van der Waals surface area contributed by atoms with Crippen molar-refractivity contribution in [3.8, 4) is 0 Å². The van der Waals surface area contributed by atoms with Gasteiger partial charge in [-0.1, -0.05) is 12.1 Å². The number of nitrogens with one attached hydrogen (secondary N) is 1. The second-order valence-electron chi connectivity index (χ2n) is 4.15. The lowest BCUT2D eigenvalue weighted by Crippen LogP contribution is -2.13. The summed E-state index contributed by atoms with van der Waals surface area (Å²) in [6.07, 6.45) is 0. The van der Waals surface area contributed by atoms with Gasteiger partial charge in [0.05, 0.1) is 6.54 Å². The molecule has 0 aliphatic rings. The molecule has 0 radical (unpaired) electrons. The number of carbonyl (C=O) groups is 1. The summed E-state index contributed by atoms with van der Waals surface area (Å²) in [4.78, 5) is 11.8. The lowest BCUT2D eigenvalue weighted by Gasteiger charge is -2.06. The number of hydrogen-bond acceptors (Lipinski definition) is 2. The Labute approximate surface area is 105 Å². The van der Waals surface area contributed by atoms with Crippen LogP contribution in [0.2, 0.25) is 0 Å². The molecule has 0 unspecified atom stereocenters. The molecule has 0 aliphatic carbocycles. The standard InChI is InChI=1S/C15H14FNO/c1-11-3-2-4-14(9-11)17-10-15(18)12-5-7-13(16)8-6-12/h2-9,17H,10H2,1H3. The molecule has 2 aromatic rings. The molecule has 0 saturated carbocycles. The summed E-state index contributed by atoms with van der Waals surface area (Å²) in [6, 6.07) is 13.4. The van der Waals surface area contributed by atoms with Gasteiger partial charge < -0.3 is 5.32 Å². The Balaban J connectivity index is 1.98. The summed E-state index contributed by atoms with van der Waals surface area (Å²) in [5.41, 5.74) is 2.55. The SMILES string of the molecule is Cc1cccc(NCC(=O)c2ccc(F)cc2)c1. The summed E-state index contributed by atoms with van der Waals surface area (Å²) in [7, 11) is 0. The van der Waals surface area contributed by atoms with Crippen LogP contribution in [0.5, 0.6) is 0 Å². The van der Waals surface area contributed by atoms with Crippen LogP contribution in [-0.4, -0.2) is 12.3 Å². The molecule has 18 heavy (non-hydrogen) atoms. The predicted octanol–water partition coefficient (Wildman–Crippen LogP) is 3.43. The molecule has 0 heterocycles. The van der Waals surface area contributed by atoms with Crippen molar-refractivity contribution in [3.63, 3.8) is 0 Å². The van der Waals surface area contributed by atoms with E-state index in [1.165, 1.54) is 24.3 Å². The number of aryl methyl sites for hydroxylation is 1. The average molecular weight is 243 g/mol. The van der Waals surface area contributed by atoms with Crippen molar-refractivity contribution in [3.05, 3.63) is 65.5 Å². The molecule has 0 bridgehead atoms. The van der Waals surface area contributed by atoms with E-state index in [4.69, 9.17) is 0 Å². The number of halogens is 1. The normalized spacial score (nSPS) is 10.1. The fraction of sp³-hybridized carbons (Fsp3) is 0.133. The Morgan fingerprint density at radius 2 is 1.89 bits per heavy atom. The molecule has 0 spiro atoms. The third kappa shape index (κ3) is 3.17. The predicted molar refractivity (Wildman–Crippen MR) is 70.4 cm³/mol.